The van der Waals surface area contributed by atoms with Crippen molar-refractivity contribution in [1.82, 2.24) is 20.1 Å². The van der Waals surface area contributed by atoms with E-state index in [4.69, 9.17) is 9.47 Å². The molecule has 0 atom stereocenters. The SMILES string of the molecule is COc1ccc(-c2cc(C(=O)NCc3ccncc3)n(C)n2)c(OC)c1. The van der Waals surface area contributed by atoms with Crippen LogP contribution in [0, 0.1) is 0 Å². The van der Waals surface area contributed by atoms with E-state index in [1.54, 1.807) is 50.5 Å². The number of pyridine rings is 1. The van der Waals surface area contributed by atoms with Crippen LogP contribution in [0.25, 0.3) is 11.3 Å². The van der Waals surface area contributed by atoms with E-state index in [9.17, 15) is 4.79 Å². The fourth-order valence-corrected chi connectivity index (χ4v) is 2.60. The highest BCUT2D eigenvalue weighted by atomic mass is 16.5. The number of aromatic nitrogens is 3. The van der Waals surface area contributed by atoms with Crippen LogP contribution in [0.3, 0.4) is 0 Å². The maximum Gasteiger partial charge on any atom is 0.269 e. The lowest BCUT2D eigenvalue weighted by Crippen LogP contribution is -2.25. The van der Waals surface area contributed by atoms with Gasteiger partial charge in [0.15, 0.2) is 0 Å². The molecule has 0 radical (unpaired) electrons. The van der Waals surface area contributed by atoms with Crippen molar-refractivity contribution in [2.75, 3.05) is 14.2 Å². The molecular weight excluding hydrogens is 332 g/mol. The third-order valence-corrected chi connectivity index (χ3v) is 4.00. The Kier molecular flexibility index (Phi) is 5.17. The summed E-state index contributed by atoms with van der Waals surface area (Å²) in [5, 5.41) is 7.33. The van der Waals surface area contributed by atoms with Crippen molar-refractivity contribution in [3.63, 3.8) is 0 Å². The van der Waals surface area contributed by atoms with Crippen LogP contribution in [0.1, 0.15) is 16.1 Å². The number of methoxy groups -OCH3 is 2. The molecule has 0 saturated heterocycles. The van der Waals surface area contributed by atoms with E-state index in [0.29, 0.717) is 29.4 Å². The van der Waals surface area contributed by atoms with Gasteiger partial charge in [-0.25, -0.2) is 0 Å². The minimum atomic E-state index is -0.199. The second-order valence-corrected chi connectivity index (χ2v) is 5.64. The summed E-state index contributed by atoms with van der Waals surface area (Å²) in [5.74, 6) is 1.12. The minimum Gasteiger partial charge on any atom is -0.497 e. The van der Waals surface area contributed by atoms with Gasteiger partial charge < -0.3 is 14.8 Å². The van der Waals surface area contributed by atoms with Crippen molar-refractivity contribution in [1.29, 1.82) is 0 Å². The first-order chi connectivity index (χ1) is 12.6. The third kappa shape index (κ3) is 3.66. The average Bonchev–Trinajstić information content (AvgIpc) is 3.07. The number of benzene rings is 1. The van der Waals surface area contributed by atoms with Gasteiger partial charge in [0.05, 0.1) is 19.9 Å². The van der Waals surface area contributed by atoms with E-state index in [2.05, 4.69) is 15.4 Å². The number of aryl methyl sites for hydroxylation is 1. The standard InChI is InChI=1S/C19H20N4O3/c1-23-17(19(24)21-12-13-6-8-20-9-7-13)11-16(22-23)15-5-4-14(25-2)10-18(15)26-3/h4-11H,12H2,1-3H3,(H,21,24). The molecule has 0 unspecified atom stereocenters. The monoisotopic (exact) mass is 352 g/mol. The molecule has 7 nitrogen and oxygen atoms in total. The van der Waals surface area contributed by atoms with Crippen molar-refractivity contribution in [3.8, 4) is 22.8 Å². The molecule has 0 fully saturated rings. The van der Waals surface area contributed by atoms with Gasteiger partial charge in [0.2, 0.25) is 0 Å². The number of amides is 1. The van der Waals surface area contributed by atoms with Gasteiger partial charge in [-0.3, -0.25) is 14.5 Å². The van der Waals surface area contributed by atoms with Gasteiger partial charge >= 0.3 is 0 Å². The first-order valence-electron chi connectivity index (χ1n) is 8.06. The summed E-state index contributed by atoms with van der Waals surface area (Å²) < 4.78 is 12.2. The van der Waals surface area contributed by atoms with E-state index in [-0.39, 0.29) is 5.91 Å². The number of carbonyl (C=O) groups is 1. The number of hydrogen-bond donors (Lipinski definition) is 1. The highest BCUT2D eigenvalue weighted by Gasteiger charge is 2.17. The maximum atomic E-state index is 12.5. The molecule has 0 aliphatic heterocycles. The van der Waals surface area contributed by atoms with Gasteiger partial charge in [-0.05, 0) is 35.9 Å². The molecule has 1 amide bonds. The predicted molar refractivity (Wildman–Crippen MR) is 97.2 cm³/mol. The fraction of sp³-hybridized carbons (Fsp3) is 0.211. The van der Waals surface area contributed by atoms with Gasteiger partial charge in [-0.1, -0.05) is 0 Å². The van der Waals surface area contributed by atoms with Gasteiger partial charge in [0.1, 0.15) is 17.2 Å². The van der Waals surface area contributed by atoms with Crippen molar-refractivity contribution in [2.45, 2.75) is 6.54 Å². The summed E-state index contributed by atoms with van der Waals surface area (Å²) in [6.45, 7) is 0.424. The number of nitrogens with one attached hydrogen (secondary N) is 1. The van der Waals surface area contributed by atoms with Crippen LogP contribution >= 0.6 is 0 Å². The Morgan fingerprint density at radius 1 is 1.12 bits per heavy atom. The van der Waals surface area contributed by atoms with Crippen molar-refractivity contribution in [3.05, 3.63) is 60.0 Å². The summed E-state index contributed by atoms with van der Waals surface area (Å²) >= 11 is 0. The number of hydrogen-bond acceptors (Lipinski definition) is 5. The molecule has 7 heteroatoms. The number of carbonyl (C=O) groups excluding carboxylic acids is 1. The molecule has 1 aromatic carbocycles. The maximum absolute atomic E-state index is 12.5. The van der Waals surface area contributed by atoms with Gasteiger partial charge in [-0.2, -0.15) is 5.10 Å². The van der Waals surface area contributed by atoms with Gasteiger partial charge in [0.25, 0.3) is 5.91 Å². The Morgan fingerprint density at radius 2 is 1.88 bits per heavy atom. The van der Waals surface area contributed by atoms with Crippen molar-refractivity contribution in [2.24, 2.45) is 7.05 Å². The number of ether oxygens (including phenoxy) is 2. The fourth-order valence-electron chi connectivity index (χ4n) is 2.60. The quantitative estimate of drug-likeness (QED) is 0.737. The van der Waals surface area contributed by atoms with E-state index >= 15 is 0 Å². The minimum absolute atomic E-state index is 0.199. The van der Waals surface area contributed by atoms with Gasteiger partial charge in [0, 0.05) is 37.6 Å². The molecule has 2 aromatic heterocycles. The molecule has 0 aliphatic rings. The Morgan fingerprint density at radius 3 is 2.58 bits per heavy atom. The molecule has 1 N–H and O–H groups in total. The molecule has 3 aromatic rings. The topological polar surface area (TPSA) is 78.3 Å². The second-order valence-electron chi connectivity index (χ2n) is 5.64. The molecule has 2 heterocycles. The molecule has 0 spiro atoms. The predicted octanol–water partition coefficient (Wildman–Crippen LogP) is 2.43. The molecule has 3 rings (SSSR count). The molecule has 0 bridgehead atoms. The lowest BCUT2D eigenvalue weighted by atomic mass is 10.1. The van der Waals surface area contributed by atoms with Crippen LogP contribution in [0.2, 0.25) is 0 Å². The second kappa shape index (κ2) is 7.69. The molecular formula is C19H20N4O3. The lowest BCUT2D eigenvalue weighted by molar-refractivity contribution is 0.0941. The smallest absolute Gasteiger partial charge is 0.269 e. The Hall–Kier alpha value is -3.35. The van der Waals surface area contributed by atoms with Crippen LogP contribution in [-0.4, -0.2) is 34.9 Å². The largest absolute Gasteiger partial charge is 0.497 e. The summed E-state index contributed by atoms with van der Waals surface area (Å²) in [4.78, 5) is 16.5. The van der Waals surface area contributed by atoms with Crippen LogP contribution in [0.4, 0.5) is 0 Å². The van der Waals surface area contributed by atoms with Gasteiger partial charge in [-0.15, -0.1) is 0 Å². The zero-order valence-electron chi connectivity index (χ0n) is 14.9. The Labute approximate surface area is 151 Å². The Balaban J connectivity index is 1.82. The van der Waals surface area contributed by atoms with E-state index in [1.807, 2.05) is 24.3 Å². The normalized spacial score (nSPS) is 10.4. The van der Waals surface area contributed by atoms with E-state index in [0.717, 1.165) is 11.1 Å². The molecule has 134 valence electrons. The first kappa shape index (κ1) is 17.5. The highest BCUT2D eigenvalue weighted by molar-refractivity contribution is 5.93. The van der Waals surface area contributed by atoms with Crippen molar-refractivity contribution < 1.29 is 14.3 Å². The van der Waals surface area contributed by atoms with Crippen LogP contribution in [0.5, 0.6) is 11.5 Å². The van der Waals surface area contributed by atoms with E-state index in [1.165, 1.54) is 0 Å². The number of nitrogens with zero attached hydrogens (tertiary/aromatic N) is 3. The van der Waals surface area contributed by atoms with E-state index < -0.39 is 0 Å². The van der Waals surface area contributed by atoms with Crippen LogP contribution in [0.15, 0.2) is 48.8 Å². The number of rotatable bonds is 6. The summed E-state index contributed by atoms with van der Waals surface area (Å²) in [6, 6.07) is 10.9. The van der Waals surface area contributed by atoms with Crippen molar-refractivity contribution >= 4 is 5.91 Å². The highest BCUT2D eigenvalue weighted by Crippen LogP contribution is 2.32. The lowest BCUT2D eigenvalue weighted by Gasteiger charge is -2.08. The molecule has 26 heavy (non-hydrogen) atoms. The third-order valence-electron chi connectivity index (χ3n) is 4.00. The summed E-state index contributed by atoms with van der Waals surface area (Å²) in [5.41, 5.74) is 2.89. The summed E-state index contributed by atoms with van der Waals surface area (Å²) in [6.07, 6.45) is 3.39. The first-order valence-corrected chi connectivity index (χ1v) is 8.06. The van der Waals surface area contributed by atoms with Crippen LogP contribution < -0.4 is 14.8 Å². The zero-order valence-corrected chi connectivity index (χ0v) is 14.9. The zero-order chi connectivity index (χ0) is 18.5. The average molecular weight is 352 g/mol. The molecule has 0 saturated carbocycles. The molecule has 0 aliphatic carbocycles. The Bertz CT molecular complexity index is 906. The van der Waals surface area contributed by atoms with Crippen LogP contribution in [-0.2, 0) is 13.6 Å². The summed E-state index contributed by atoms with van der Waals surface area (Å²) in [7, 11) is 4.92.